The Kier molecular flexibility index (Phi) is 8.94. The molecule has 0 aliphatic heterocycles. The van der Waals surface area contributed by atoms with Crippen LogP contribution in [0, 0.1) is 5.92 Å². The predicted octanol–water partition coefficient (Wildman–Crippen LogP) is -0.411. The number of carboxylic acid groups (broad SMARTS) is 1. The molecule has 3 rings (SSSR count). The van der Waals surface area contributed by atoms with Gasteiger partial charge < -0.3 is 30.8 Å². The third-order valence-corrected chi connectivity index (χ3v) is 5.06. The zero-order valence-corrected chi connectivity index (χ0v) is 17.1. The molecule has 6 N–H and O–H groups in total. The maximum absolute atomic E-state index is 12.6. The fourth-order valence-corrected chi connectivity index (χ4v) is 3.53. The number of aliphatic hydroxyl groups excluding tert-OH is 1. The Bertz CT molecular complexity index is 926. The van der Waals surface area contributed by atoms with Crippen LogP contribution >= 0.6 is 0 Å². The second-order valence-electron chi connectivity index (χ2n) is 7.11. The number of carbonyl (C=O) groups is 3. The van der Waals surface area contributed by atoms with Crippen LogP contribution in [-0.2, 0) is 22.4 Å². The number of aliphatic hydroxyl groups is 1. The van der Waals surface area contributed by atoms with E-state index in [1.807, 2.05) is 6.92 Å². The van der Waals surface area contributed by atoms with E-state index in [2.05, 4.69) is 25.6 Å². The van der Waals surface area contributed by atoms with Crippen LogP contribution in [-0.4, -0.2) is 62.1 Å². The molecule has 0 unspecified atom stereocenters. The zero-order valence-electron chi connectivity index (χ0n) is 17.1. The Morgan fingerprint density at radius 1 is 1.32 bits per heavy atom. The number of H-pyrrole nitrogens is 2. The van der Waals surface area contributed by atoms with Gasteiger partial charge in [-0.2, -0.15) is 0 Å². The molecule has 2 amide bonds. The summed E-state index contributed by atoms with van der Waals surface area (Å²) in [7, 11) is 0. The highest BCUT2D eigenvalue weighted by Gasteiger charge is 2.37. The average molecular weight is 433 g/mol. The number of aryl methyl sites for hydroxylation is 1. The molecule has 11 nitrogen and oxygen atoms in total. The van der Waals surface area contributed by atoms with Crippen molar-refractivity contribution in [2.45, 2.75) is 44.8 Å². The molecule has 1 saturated carbocycles. The van der Waals surface area contributed by atoms with Crippen molar-refractivity contribution < 1.29 is 24.6 Å². The molecule has 0 spiro atoms. The van der Waals surface area contributed by atoms with E-state index in [-0.39, 0.29) is 29.8 Å². The molecular formula is C20H27N5O6. The molecule has 2 aromatic heterocycles. The van der Waals surface area contributed by atoms with Gasteiger partial charge in [0.25, 0.3) is 12.4 Å². The molecule has 0 bridgehead atoms. The first-order chi connectivity index (χ1) is 14.9. The van der Waals surface area contributed by atoms with Crippen molar-refractivity contribution in [2.75, 3.05) is 6.54 Å². The monoisotopic (exact) mass is 433 g/mol. The Labute approximate surface area is 178 Å². The summed E-state index contributed by atoms with van der Waals surface area (Å²) in [5.41, 5.74) is 1.60. The molecule has 2 aromatic rings. The van der Waals surface area contributed by atoms with Crippen LogP contribution in [0.1, 0.15) is 41.5 Å². The Hall–Kier alpha value is -3.47. The SMILES string of the molecule is CCc1[nH]c(=O)ccc1C(=O)N[C@@H]1C[C@H](C(=O)NCCc2cnc[nH]2)C[C@H]1O.O=CO. The number of aromatic nitrogens is 3. The molecule has 1 fully saturated rings. The Morgan fingerprint density at radius 3 is 2.71 bits per heavy atom. The predicted molar refractivity (Wildman–Crippen MR) is 110 cm³/mol. The molecule has 11 heteroatoms. The van der Waals surface area contributed by atoms with Gasteiger partial charge in [0.2, 0.25) is 11.5 Å². The number of imidazole rings is 1. The van der Waals surface area contributed by atoms with Crippen molar-refractivity contribution in [3.63, 3.8) is 0 Å². The number of nitrogens with one attached hydrogen (secondary N) is 4. The largest absolute Gasteiger partial charge is 0.483 e. The van der Waals surface area contributed by atoms with Gasteiger partial charge in [0.15, 0.2) is 0 Å². The van der Waals surface area contributed by atoms with Gasteiger partial charge in [-0.25, -0.2) is 4.98 Å². The maximum Gasteiger partial charge on any atom is 0.290 e. The fourth-order valence-electron chi connectivity index (χ4n) is 3.53. The maximum atomic E-state index is 12.6. The van der Waals surface area contributed by atoms with Crippen LogP contribution in [0.15, 0.2) is 29.5 Å². The van der Waals surface area contributed by atoms with Crippen LogP contribution < -0.4 is 16.2 Å². The van der Waals surface area contributed by atoms with Crippen molar-refractivity contribution in [1.29, 1.82) is 0 Å². The Balaban J connectivity index is 0.00000107. The average Bonchev–Trinajstić information content (AvgIpc) is 3.38. The number of rotatable bonds is 7. The van der Waals surface area contributed by atoms with Gasteiger partial charge >= 0.3 is 0 Å². The molecule has 2 heterocycles. The summed E-state index contributed by atoms with van der Waals surface area (Å²) in [6.45, 7) is 2.07. The van der Waals surface area contributed by atoms with Crippen LogP contribution in [0.4, 0.5) is 0 Å². The first kappa shape index (κ1) is 23.8. The van der Waals surface area contributed by atoms with Crippen molar-refractivity contribution in [3.05, 3.63) is 52.0 Å². The first-order valence-electron chi connectivity index (χ1n) is 9.93. The number of pyridine rings is 1. The molecule has 0 saturated heterocycles. The second-order valence-corrected chi connectivity index (χ2v) is 7.11. The number of amides is 2. The van der Waals surface area contributed by atoms with Gasteiger partial charge in [0.1, 0.15) is 0 Å². The molecule has 3 atom stereocenters. The quantitative estimate of drug-likeness (QED) is 0.321. The van der Waals surface area contributed by atoms with Gasteiger partial charge in [0.05, 0.1) is 24.0 Å². The lowest BCUT2D eigenvalue weighted by atomic mass is 10.1. The van der Waals surface area contributed by atoms with E-state index in [4.69, 9.17) is 9.90 Å². The fraction of sp³-hybridized carbons (Fsp3) is 0.450. The minimum absolute atomic E-state index is 0.131. The number of aromatic amines is 2. The highest BCUT2D eigenvalue weighted by Crippen LogP contribution is 2.26. The van der Waals surface area contributed by atoms with Crippen molar-refractivity contribution in [3.8, 4) is 0 Å². The summed E-state index contributed by atoms with van der Waals surface area (Å²) < 4.78 is 0. The highest BCUT2D eigenvalue weighted by molar-refractivity contribution is 5.95. The second kappa shape index (κ2) is 11.6. The summed E-state index contributed by atoms with van der Waals surface area (Å²) in [6, 6.07) is 2.27. The number of hydrogen-bond acceptors (Lipinski definition) is 6. The molecule has 0 aromatic carbocycles. The van der Waals surface area contributed by atoms with Crippen LogP contribution in [0.25, 0.3) is 0 Å². The summed E-state index contributed by atoms with van der Waals surface area (Å²) in [5, 5.41) is 22.8. The van der Waals surface area contributed by atoms with E-state index >= 15 is 0 Å². The number of nitrogens with zero attached hydrogens (tertiary/aromatic N) is 1. The molecule has 168 valence electrons. The third kappa shape index (κ3) is 6.78. The molecule has 31 heavy (non-hydrogen) atoms. The van der Waals surface area contributed by atoms with Crippen molar-refractivity contribution >= 4 is 18.3 Å². The highest BCUT2D eigenvalue weighted by atomic mass is 16.3. The Morgan fingerprint density at radius 2 is 2.06 bits per heavy atom. The van der Waals surface area contributed by atoms with E-state index in [1.54, 1.807) is 12.5 Å². The first-order valence-corrected chi connectivity index (χ1v) is 9.93. The van der Waals surface area contributed by atoms with Gasteiger partial charge in [-0.3, -0.25) is 19.2 Å². The molecule has 1 aliphatic rings. The third-order valence-electron chi connectivity index (χ3n) is 5.06. The van der Waals surface area contributed by atoms with E-state index in [9.17, 15) is 19.5 Å². The zero-order chi connectivity index (χ0) is 22.8. The van der Waals surface area contributed by atoms with E-state index in [1.165, 1.54) is 12.1 Å². The topological polar surface area (TPSA) is 177 Å². The van der Waals surface area contributed by atoms with Crippen LogP contribution in [0.5, 0.6) is 0 Å². The van der Waals surface area contributed by atoms with Gasteiger partial charge in [-0.15, -0.1) is 0 Å². The van der Waals surface area contributed by atoms with Gasteiger partial charge in [0, 0.05) is 42.5 Å². The molecule has 0 radical (unpaired) electrons. The standard InChI is InChI=1S/C19H25N5O4.CH2O2/c1-2-14-13(3-4-17(26)23-14)19(28)24-15-7-11(8-16(15)25)18(27)21-6-5-12-9-20-10-22-12;2-1-3/h3-4,9-11,15-16,25H,2,5-8H2,1H3,(H,20,22)(H,21,27)(H,23,26)(H,24,28);1H,(H,2,3)/t11-,15+,16+;/m0./s1. The summed E-state index contributed by atoms with van der Waals surface area (Å²) in [4.78, 5) is 54.3. The van der Waals surface area contributed by atoms with E-state index < -0.39 is 12.1 Å². The van der Waals surface area contributed by atoms with Crippen LogP contribution in [0.2, 0.25) is 0 Å². The lowest BCUT2D eigenvalue weighted by Gasteiger charge is -2.17. The van der Waals surface area contributed by atoms with Crippen LogP contribution in [0.3, 0.4) is 0 Å². The van der Waals surface area contributed by atoms with Crippen molar-refractivity contribution in [2.24, 2.45) is 5.92 Å². The minimum Gasteiger partial charge on any atom is -0.483 e. The lowest BCUT2D eigenvalue weighted by molar-refractivity contribution is -0.125. The number of carbonyl (C=O) groups excluding carboxylic acids is 2. The minimum atomic E-state index is -0.792. The smallest absolute Gasteiger partial charge is 0.290 e. The van der Waals surface area contributed by atoms with Crippen molar-refractivity contribution in [1.82, 2.24) is 25.6 Å². The molecule has 1 aliphatic carbocycles. The summed E-state index contributed by atoms with van der Waals surface area (Å²) in [5.74, 6) is -0.852. The van der Waals surface area contributed by atoms with E-state index in [0.29, 0.717) is 43.5 Å². The normalized spacial score (nSPS) is 19.7. The summed E-state index contributed by atoms with van der Waals surface area (Å²) >= 11 is 0. The molecular weight excluding hydrogens is 406 g/mol. The van der Waals surface area contributed by atoms with E-state index in [0.717, 1.165) is 5.69 Å². The van der Waals surface area contributed by atoms with Gasteiger partial charge in [-0.1, -0.05) is 6.92 Å². The number of hydrogen-bond donors (Lipinski definition) is 6. The lowest BCUT2D eigenvalue weighted by Crippen LogP contribution is -2.40. The summed E-state index contributed by atoms with van der Waals surface area (Å²) in [6.07, 6.45) is 4.32. The van der Waals surface area contributed by atoms with Gasteiger partial charge in [-0.05, 0) is 25.3 Å².